The Labute approximate surface area is 203 Å². The number of allylic oxidation sites excluding steroid dienone is 5. The van der Waals surface area contributed by atoms with Crippen molar-refractivity contribution in [3.8, 4) is 0 Å². The van der Waals surface area contributed by atoms with Gasteiger partial charge < -0.3 is 0 Å². The van der Waals surface area contributed by atoms with Crippen LogP contribution in [-0.4, -0.2) is 5.43 Å². The van der Waals surface area contributed by atoms with Crippen LogP contribution in [0.4, 0.5) is 0 Å². The summed E-state index contributed by atoms with van der Waals surface area (Å²) >= 11 is -1.90. The fourth-order valence-electron chi connectivity index (χ4n) is 6.13. The van der Waals surface area contributed by atoms with E-state index in [4.69, 9.17) is 0 Å². The van der Waals surface area contributed by atoms with Crippen LogP contribution in [0.15, 0.2) is 58.7 Å². The third kappa shape index (κ3) is 3.67. The number of aryl methyl sites for hydroxylation is 2. The Kier molecular flexibility index (Phi) is 6.61. The van der Waals surface area contributed by atoms with Crippen molar-refractivity contribution in [2.75, 3.05) is 0 Å². The molecule has 1 atom stereocenters. The molecular formula is C30H38SiZr. The van der Waals surface area contributed by atoms with Crippen LogP contribution >= 0.6 is 0 Å². The van der Waals surface area contributed by atoms with Crippen molar-refractivity contribution in [1.82, 2.24) is 0 Å². The van der Waals surface area contributed by atoms with Crippen molar-refractivity contribution in [3.05, 3.63) is 97.6 Å². The van der Waals surface area contributed by atoms with Gasteiger partial charge in [0.2, 0.25) is 0 Å². The monoisotopic (exact) mass is 516 g/mol. The average Bonchev–Trinajstić information content (AvgIpc) is 3.20. The summed E-state index contributed by atoms with van der Waals surface area (Å²) in [6.45, 7) is 24.0. The van der Waals surface area contributed by atoms with Gasteiger partial charge in [-0.15, -0.1) is 0 Å². The number of fused-ring (bicyclic) bond motifs is 1. The molecule has 0 saturated heterocycles. The van der Waals surface area contributed by atoms with E-state index < -0.39 is 20.4 Å². The van der Waals surface area contributed by atoms with Crippen LogP contribution in [0.5, 0.6) is 0 Å². The Hall–Kier alpha value is -1.24. The second-order valence-electron chi connectivity index (χ2n) is 10.3. The van der Waals surface area contributed by atoms with E-state index in [0.717, 1.165) is 3.63 Å². The van der Waals surface area contributed by atoms with E-state index in [2.05, 4.69) is 105 Å². The van der Waals surface area contributed by atoms with Crippen LogP contribution in [0.1, 0.15) is 70.3 Å². The zero-order valence-corrected chi connectivity index (χ0v) is 25.1. The Morgan fingerprint density at radius 3 is 1.94 bits per heavy atom. The van der Waals surface area contributed by atoms with E-state index in [1.807, 2.05) is 0 Å². The molecule has 0 fully saturated rings. The normalized spacial score (nSPS) is 18.4. The average molecular weight is 518 g/mol. The van der Waals surface area contributed by atoms with E-state index >= 15 is 0 Å². The zero-order chi connectivity index (χ0) is 23.5. The Balaban J connectivity index is 1.97. The Morgan fingerprint density at radius 1 is 0.750 bits per heavy atom. The van der Waals surface area contributed by atoms with E-state index in [9.17, 15) is 0 Å². The van der Waals surface area contributed by atoms with E-state index in [1.165, 1.54) is 39.0 Å². The predicted octanol–water partition coefficient (Wildman–Crippen LogP) is 8.75. The molecule has 2 aromatic rings. The van der Waals surface area contributed by atoms with Crippen molar-refractivity contribution in [3.63, 3.8) is 0 Å². The molecule has 2 heteroatoms. The van der Waals surface area contributed by atoms with E-state index in [-0.39, 0.29) is 5.43 Å². The van der Waals surface area contributed by atoms with Crippen LogP contribution in [0.2, 0.25) is 16.7 Å². The van der Waals surface area contributed by atoms with Crippen molar-refractivity contribution in [2.24, 2.45) is 0 Å². The molecule has 1 unspecified atom stereocenters. The van der Waals surface area contributed by atoms with Crippen molar-refractivity contribution >= 4 is 11.0 Å². The molecule has 0 aliphatic heterocycles. The minimum absolute atomic E-state index is 0.347. The second-order valence-corrected chi connectivity index (χ2v) is 28.3. The van der Waals surface area contributed by atoms with Gasteiger partial charge in [-0.2, -0.15) is 0 Å². The molecule has 0 saturated carbocycles. The number of rotatable bonds is 3. The Morgan fingerprint density at radius 2 is 1.34 bits per heavy atom. The summed E-state index contributed by atoms with van der Waals surface area (Å²) < 4.78 is 1.46. The van der Waals surface area contributed by atoms with Gasteiger partial charge in [0.15, 0.2) is 0 Å². The zero-order valence-electron chi connectivity index (χ0n) is 21.6. The topological polar surface area (TPSA) is 0 Å². The SMILES string of the molecule is CC1=C(C)[CH]([Zr]([CH]2C=C(c3c(C)cc(C)c(C)c3C)c3ccccc32)=[Si](C)C)C(C)=C1C. The first-order valence-electron chi connectivity index (χ1n) is 12.0. The summed E-state index contributed by atoms with van der Waals surface area (Å²) in [5.41, 5.74) is 18.1. The third-order valence-corrected chi connectivity index (χ3v) is 28.1. The third-order valence-electron chi connectivity index (χ3n) is 8.38. The molecule has 166 valence electrons. The van der Waals surface area contributed by atoms with Gasteiger partial charge in [0.25, 0.3) is 0 Å². The van der Waals surface area contributed by atoms with Gasteiger partial charge in [0, 0.05) is 0 Å². The first-order chi connectivity index (χ1) is 15.1. The second kappa shape index (κ2) is 8.84. The van der Waals surface area contributed by atoms with Gasteiger partial charge in [-0.1, -0.05) is 0 Å². The van der Waals surface area contributed by atoms with Crippen molar-refractivity contribution < 1.29 is 20.4 Å². The number of hydrogen-bond donors (Lipinski definition) is 0. The summed E-state index contributed by atoms with van der Waals surface area (Å²) in [5.74, 6) is 0. The maximum absolute atomic E-state index is 2.74. The molecule has 0 bridgehead atoms. The standard InChI is InChI=1S/C19H19.C9H13.C2H6Si.Zr/c1-12-11-13(2)19(15(4)14(12)3)18-10-9-16-7-5-6-8-17(16)18;1-6-5-7(2)9(4)8(6)3;1-3-2;/h5-11H,1-4H3;5H,1-4H3;1-2H3;. The molecule has 0 radical (unpaired) electrons. The van der Waals surface area contributed by atoms with Crippen LogP contribution in [0.25, 0.3) is 5.57 Å². The Bertz CT molecular complexity index is 1240. The molecule has 2 aliphatic carbocycles. The summed E-state index contributed by atoms with van der Waals surface area (Å²) in [4.78, 5) is 0. The summed E-state index contributed by atoms with van der Waals surface area (Å²) in [6.07, 6.45) is 2.74. The first kappa shape index (κ1) is 23.9. The molecule has 0 aromatic heterocycles. The molecule has 2 aliphatic rings. The summed E-state index contributed by atoms with van der Waals surface area (Å²) in [5, 5.41) is 0. The number of hydrogen-bond acceptors (Lipinski definition) is 0. The molecule has 0 N–H and O–H groups in total. The van der Waals surface area contributed by atoms with Gasteiger partial charge in [0.1, 0.15) is 0 Å². The van der Waals surface area contributed by atoms with Crippen LogP contribution < -0.4 is 0 Å². The molecule has 0 spiro atoms. The van der Waals surface area contributed by atoms with Gasteiger partial charge in [-0.05, 0) is 0 Å². The van der Waals surface area contributed by atoms with Gasteiger partial charge in [-0.3, -0.25) is 0 Å². The predicted molar refractivity (Wildman–Crippen MR) is 140 cm³/mol. The van der Waals surface area contributed by atoms with Gasteiger partial charge in [0.05, 0.1) is 0 Å². The molecular weight excluding hydrogens is 480 g/mol. The van der Waals surface area contributed by atoms with Crippen LogP contribution in [-0.2, 0) is 20.4 Å². The molecule has 0 amide bonds. The quantitative estimate of drug-likeness (QED) is 0.357. The van der Waals surface area contributed by atoms with E-state index in [0.29, 0.717) is 3.63 Å². The number of benzene rings is 2. The van der Waals surface area contributed by atoms with Gasteiger partial charge in [-0.25, -0.2) is 0 Å². The molecule has 32 heavy (non-hydrogen) atoms. The van der Waals surface area contributed by atoms with Gasteiger partial charge >= 0.3 is 205 Å². The van der Waals surface area contributed by atoms with Crippen molar-refractivity contribution in [1.29, 1.82) is 0 Å². The summed E-state index contributed by atoms with van der Waals surface area (Å²) in [6, 6.07) is 11.8. The fourth-order valence-corrected chi connectivity index (χ4v) is 26.7. The maximum atomic E-state index is 2.74. The van der Waals surface area contributed by atoms with Crippen molar-refractivity contribution in [2.45, 2.75) is 75.7 Å². The van der Waals surface area contributed by atoms with E-state index in [1.54, 1.807) is 27.9 Å². The molecule has 0 nitrogen and oxygen atoms in total. The fraction of sp³-hybridized carbons (Fsp3) is 0.400. The molecule has 2 aromatic carbocycles. The summed E-state index contributed by atoms with van der Waals surface area (Å²) in [7, 11) is 0. The van der Waals surface area contributed by atoms with Crippen LogP contribution in [0.3, 0.4) is 0 Å². The minimum atomic E-state index is -1.90. The van der Waals surface area contributed by atoms with Crippen LogP contribution in [0, 0.1) is 27.7 Å². The first-order valence-corrected chi connectivity index (χ1v) is 21.0. The molecule has 4 rings (SSSR count). The molecule has 0 heterocycles.